The van der Waals surface area contributed by atoms with E-state index in [0.29, 0.717) is 6.42 Å². The summed E-state index contributed by atoms with van der Waals surface area (Å²) >= 11 is 0. The number of rotatable bonds is 5. The van der Waals surface area contributed by atoms with Crippen molar-refractivity contribution in [3.8, 4) is 0 Å². The van der Waals surface area contributed by atoms with Crippen molar-refractivity contribution in [3.05, 3.63) is 48.0 Å². The van der Waals surface area contributed by atoms with Crippen molar-refractivity contribution in [2.24, 2.45) is 0 Å². The van der Waals surface area contributed by atoms with Gasteiger partial charge >= 0.3 is 0 Å². The first kappa shape index (κ1) is 13.3. The van der Waals surface area contributed by atoms with Crippen LogP contribution < -0.4 is 0 Å². The van der Waals surface area contributed by atoms with Gasteiger partial charge in [0, 0.05) is 17.9 Å². The second-order valence-electron chi connectivity index (χ2n) is 5.96. The molecule has 20 heavy (non-hydrogen) atoms. The van der Waals surface area contributed by atoms with E-state index in [1.54, 1.807) is 6.33 Å². The molecule has 1 N–H and O–H groups in total. The molecule has 1 atom stereocenters. The summed E-state index contributed by atoms with van der Waals surface area (Å²) in [7, 11) is 0. The number of hydrogen-bond donors (Lipinski definition) is 1. The molecule has 1 heterocycles. The molecule has 1 fully saturated rings. The predicted molar refractivity (Wildman–Crippen MR) is 77.5 cm³/mol. The highest BCUT2D eigenvalue weighted by Gasteiger charge is 2.50. The van der Waals surface area contributed by atoms with Gasteiger partial charge < -0.3 is 5.11 Å². The minimum Gasteiger partial charge on any atom is -0.392 e. The SMILES string of the molecule is CC(C)n1ncnc1CC(O)C1(c2ccccc2)CC1. The van der Waals surface area contributed by atoms with Crippen LogP contribution in [0.4, 0.5) is 0 Å². The Hall–Kier alpha value is -1.68. The lowest BCUT2D eigenvalue weighted by molar-refractivity contribution is 0.127. The fourth-order valence-electron chi connectivity index (χ4n) is 2.94. The Morgan fingerprint density at radius 2 is 1.95 bits per heavy atom. The lowest BCUT2D eigenvalue weighted by atomic mass is 9.88. The van der Waals surface area contributed by atoms with Gasteiger partial charge in [0.1, 0.15) is 12.2 Å². The van der Waals surface area contributed by atoms with Crippen molar-refractivity contribution in [3.63, 3.8) is 0 Å². The van der Waals surface area contributed by atoms with E-state index < -0.39 is 6.10 Å². The average Bonchev–Trinajstić information content (AvgIpc) is 3.14. The first-order valence-corrected chi connectivity index (χ1v) is 7.25. The Kier molecular flexibility index (Phi) is 3.34. The Labute approximate surface area is 119 Å². The minimum atomic E-state index is -0.397. The minimum absolute atomic E-state index is 0.0744. The van der Waals surface area contributed by atoms with Crippen LogP contribution in [-0.4, -0.2) is 26.0 Å². The average molecular weight is 271 g/mol. The van der Waals surface area contributed by atoms with Gasteiger partial charge in [0.05, 0.1) is 6.10 Å². The fourth-order valence-corrected chi connectivity index (χ4v) is 2.94. The summed E-state index contributed by atoms with van der Waals surface area (Å²) in [6.45, 7) is 4.16. The van der Waals surface area contributed by atoms with E-state index in [-0.39, 0.29) is 11.5 Å². The Morgan fingerprint density at radius 3 is 2.55 bits per heavy atom. The highest BCUT2D eigenvalue weighted by Crippen LogP contribution is 2.51. The van der Waals surface area contributed by atoms with E-state index >= 15 is 0 Å². The molecule has 1 saturated carbocycles. The van der Waals surface area contributed by atoms with E-state index in [9.17, 15) is 5.11 Å². The van der Waals surface area contributed by atoms with Crippen molar-refractivity contribution in [1.82, 2.24) is 14.8 Å². The fraction of sp³-hybridized carbons (Fsp3) is 0.500. The van der Waals surface area contributed by atoms with Crippen molar-refractivity contribution in [2.75, 3.05) is 0 Å². The normalized spacial score (nSPS) is 18.2. The summed E-state index contributed by atoms with van der Waals surface area (Å²) in [6, 6.07) is 10.6. The molecule has 0 bridgehead atoms. The third-order valence-corrected chi connectivity index (χ3v) is 4.29. The number of aliphatic hydroxyl groups excluding tert-OH is 1. The van der Waals surface area contributed by atoms with E-state index in [0.717, 1.165) is 18.7 Å². The second kappa shape index (κ2) is 5.02. The molecule has 0 spiro atoms. The maximum atomic E-state index is 10.7. The Morgan fingerprint density at radius 1 is 1.25 bits per heavy atom. The topological polar surface area (TPSA) is 50.9 Å². The van der Waals surface area contributed by atoms with Gasteiger partial charge in [0.2, 0.25) is 0 Å². The molecule has 0 radical (unpaired) electrons. The van der Waals surface area contributed by atoms with Gasteiger partial charge in [0.25, 0.3) is 0 Å². The molecule has 1 aliphatic carbocycles. The number of benzene rings is 1. The van der Waals surface area contributed by atoms with Gasteiger partial charge in [-0.05, 0) is 32.3 Å². The molecule has 1 aromatic heterocycles. The maximum absolute atomic E-state index is 10.7. The molecule has 3 rings (SSSR count). The van der Waals surface area contributed by atoms with Gasteiger partial charge in [-0.2, -0.15) is 5.10 Å². The summed E-state index contributed by atoms with van der Waals surface area (Å²) in [5, 5.41) is 14.9. The molecule has 0 amide bonds. The molecule has 2 aromatic rings. The van der Waals surface area contributed by atoms with E-state index in [4.69, 9.17) is 0 Å². The zero-order valence-corrected chi connectivity index (χ0v) is 12.0. The van der Waals surface area contributed by atoms with Crippen molar-refractivity contribution >= 4 is 0 Å². The summed E-state index contributed by atoms with van der Waals surface area (Å²) in [5.74, 6) is 0.870. The third kappa shape index (κ3) is 2.24. The number of hydrogen-bond acceptors (Lipinski definition) is 3. The quantitative estimate of drug-likeness (QED) is 0.909. The van der Waals surface area contributed by atoms with Crippen LogP contribution in [0.25, 0.3) is 0 Å². The smallest absolute Gasteiger partial charge is 0.138 e. The Balaban J connectivity index is 1.80. The number of nitrogens with zero attached hydrogens (tertiary/aromatic N) is 3. The van der Waals surface area contributed by atoms with Crippen LogP contribution in [0.5, 0.6) is 0 Å². The highest BCUT2D eigenvalue weighted by atomic mass is 16.3. The molecule has 0 saturated heterocycles. The summed E-state index contributed by atoms with van der Waals surface area (Å²) < 4.78 is 1.89. The van der Waals surface area contributed by atoms with Crippen LogP contribution in [0.15, 0.2) is 36.7 Å². The van der Waals surface area contributed by atoms with E-state index in [2.05, 4.69) is 36.1 Å². The zero-order valence-electron chi connectivity index (χ0n) is 12.0. The van der Waals surface area contributed by atoms with E-state index in [1.165, 1.54) is 5.56 Å². The largest absolute Gasteiger partial charge is 0.392 e. The predicted octanol–water partition coefficient (Wildman–Crippen LogP) is 2.49. The van der Waals surface area contributed by atoms with Crippen LogP contribution in [0.1, 0.15) is 44.1 Å². The third-order valence-electron chi connectivity index (χ3n) is 4.29. The lowest BCUT2D eigenvalue weighted by Crippen LogP contribution is -2.29. The number of aromatic nitrogens is 3. The Bertz CT molecular complexity index is 572. The molecule has 4 nitrogen and oxygen atoms in total. The molecule has 4 heteroatoms. The van der Waals surface area contributed by atoms with Crippen molar-refractivity contribution < 1.29 is 5.11 Å². The molecule has 0 aliphatic heterocycles. The monoisotopic (exact) mass is 271 g/mol. The van der Waals surface area contributed by atoms with Gasteiger partial charge in [-0.25, -0.2) is 9.67 Å². The first-order chi connectivity index (χ1) is 9.63. The molecule has 1 aliphatic rings. The van der Waals surface area contributed by atoms with Crippen LogP contribution >= 0.6 is 0 Å². The molecule has 1 aromatic carbocycles. The second-order valence-corrected chi connectivity index (χ2v) is 5.96. The molecule has 1 unspecified atom stereocenters. The van der Waals surface area contributed by atoms with Gasteiger partial charge in [-0.15, -0.1) is 0 Å². The van der Waals surface area contributed by atoms with Crippen LogP contribution in [0.3, 0.4) is 0 Å². The summed E-state index contributed by atoms with van der Waals surface area (Å²) in [4.78, 5) is 4.30. The van der Waals surface area contributed by atoms with Crippen molar-refractivity contribution in [1.29, 1.82) is 0 Å². The molecular formula is C16H21N3O. The first-order valence-electron chi connectivity index (χ1n) is 7.25. The highest BCUT2D eigenvalue weighted by molar-refractivity contribution is 5.33. The van der Waals surface area contributed by atoms with Gasteiger partial charge in [-0.3, -0.25) is 0 Å². The standard InChI is InChI=1S/C16H21N3O/c1-12(2)19-15(17-11-18-19)10-14(20)16(8-9-16)13-6-4-3-5-7-13/h3-7,11-12,14,20H,8-10H2,1-2H3. The van der Waals surface area contributed by atoms with Crippen LogP contribution in [0.2, 0.25) is 0 Å². The molecular weight excluding hydrogens is 250 g/mol. The summed E-state index contributed by atoms with van der Waals surface area (Å²) in [5.41, 5.74) is 1.16. The van der Waals surface area contributed by atoms with Crippen LogP contribution in [0, 0.1) is 0 Å². The van der Waals surface area contributed by atoms with Gasteiger partial charge in [-0.1, -0.05) is 30.3 Å². The number of aliphatic hydroxyl groups is 1. The van der Waals surface area contributed by atoms with Gasteiger partial charge in [0.15, 0.2) is 0 Å². The van der Waals surface area contributed by atoms with Crippen LogP contribution in [-0.2, 0) is 11.8 Å². The van der Waals surface area contributed by atoms with Crippen molar-refractivity contribution in [2.45, 2.75) is 50.7 Å². The summed E-state index contributed by atoms with van der Waals surface area (Å²) in [6.07, 6.45) is 3.84. The lowest BCUT2D eigenvalue weighted by Gasteiger charge is -2.23. The maximum Gasteiger partial charge on any atom is 0.138 e. The molecule has 106 valence electrons. The zero-order chi connectivity index (χ0) is 14.2. The van der Waals surface area contributed by atoms with E-state index in [1.807, 2.05) is 22.9 Å².